The van der Waals surface area contributed by atoms with Crippen molar-refractivity contribution >= 4 is 17.3 Å². The summed E-state index contributed by atoms with van der Waals surface area (Å²) in [7, 11) is 1.67. The van der Waals surface area contributed by atoms with E-state index in [4.69, 9.17) is 4.74 Å². The van der Waals surface area contributed by atoms with Crippen LogP contribution in [0.15, 0.2) is 22.5 Å². The Morgan fingerprint density at radius 2 is 2.08 bits per heavy atom. The number of guanidine groups is 1. The van der Waals surface area contributed by atoms with E-state index in [-0.39, 0.29) is 12.5 Å². The molecule has 1 aliphatic rings. The molecule has 1 aliphatic heterocycles. The minimum Gasteiger partial charge on any atom is -0.379 e. The highest BCUT2D eigenvalue weighted by atomic mass is 32.1. The standard InChI is InChI=1S/C17H27F3N4OS/c1-21-16(22-7-3-2-6-17(18,19)20)23-13-14(15-5-4-12-26-15)24-8-10-25-11-9-24/h4-5,12,14H,2-3,6-11,13H2,1H3,(H2,21,22,23). The van der Waals surface area contributed by atoms with E-state index in [1.807, 2.05) is 6.07 Å². The van der Waals surface area contributed by atoms with Crippen LogP contribution < -0.4 is 10.6 Å². The Morgan fingerprint density at radius 1 is 1.31 bits per heavy atom. The van der Waals surface area contributed by atoms with Crippen LogP contribution in [0.1, 0.15) is 30.2 Å². The number of hydrogen-bond donors (Lipinski definition) is 2. The maximum atomic E-state index is 12.2. The van der Waals surface area contributed by atoms with Crippen LogP contribution in [0, 0.1) is 0 Å². The number of alkyl halides is 3. The molecule has 0 spiro atoms. The second-order valence-corrected chi connectivity index (χ2v) is 7.11. The van der Waals surface area contributed by atoms with Crippen molar-refractivity contribution in [2.45, 2.75) is 31.5 Å². The monoisotopic (exact) mass is 392 g/mol. The fourth-order valence-corrected chi connectivity index (χ4v) is 3.71. The predicted molar refractivity (Wildman–Crippen MR) is 98.7 cm³/mol. The normalized spacial score (nSPS) is 17.9. The van der Waals surface area contributed by atoms with Gasteiger partial charge in [0, 0.05) is 44.5 Å². The Balaban J connectivity index is 1.78. The molecule has 2 heterocycles. The molecule has 1 aromatic rings. The number of morpholine rings is 1. The Kier molecular flexibility index (Phi) is 8.67. The molecule has 5 nitrogen and oxygen atoms in total. The zero-order valence-electron chi connectivity index (χ0n) is 15.0. The molecule has 1 aromatic heterocycles. The fraction of sp³-hybridized carbons (Fsp3) is 0.706. The molecule has 0 aliphatic carbocycles. The van der Waals surface area contributed by atoms with Gasteiger partial charge in [0.05, 0.1) is 19.3 Å². The molecule has 148 valence electrons. The number of rotatable bonds is 8. The molecular weight excluding hydrogens is 365 g/mol. The van der Waals surface area contributed by atoms with Crippen LogP contribution in [0.5, 0.6) is 0 Å². The lowest BCUT2D eigenvalue weighted by atomic mass is 10.2. The van der Waals surface area contributed by atoms with Crippen molar-refractivity contribution in [2.75, 3.05) is 46.4 Å². The van der Waals surface area contributed by atoms with Gasteiger partial charge in [-0.3, -0.25) is 9.89 Å². The van der Waals surface area contributed by atoms with E-state index in [1.54, 1.807) is 18.4 Å². The first-order valence-electron chi connectivity index (χ1n) is 8.86. The molecule has 2 N–H and O–H groups in total. The quantitative estimate of drug-likeness (QED) is 0.406. The molecule has 26 heavy (non-hydrogen) atoms. The molecular formula is C17H27F3N4OS. The zero-order valence-corrected chi connectivity index (χ0v) is 15.8. The number of ether oxygens (including phenoxy) is 1. The minimum absolute atomic E-state index is 0.124. The molecule has 1 unspecified atom stereocenters. The number of aliphatic imine (C=N–C) groups is 1. The third-order valence-electron chi connectivity index (χ3n) is 4.22. The summed E-state index contributed by atoms with van der Waals surface area (Å²) in [4.78, 5) is 7.83. The molecule has 1 saturated heterocycles. The third-order valence-corrected chi connectivity index (χ3v) is 5.20. The van der Waals surface area contributed by atoms with E-state index in [0.717, 1.165) is 26.3 Å². The number of thiophene rings is 1. The lowest BCUT2D eigenvalue weighted by Crippen LogP contribution is -2.46. The smallest absolute Gasteiger partial charge is 0.379 e. The van der Waals surface area contributed by atoms with E-state index in [0.29, 0.717) is 25.5 Å². The maximum Gasteiger partial charge on any atom is 0.389 e. The van der Waals surface area contributed by atoms with Crippen molar-refractivity contribution in [1.82, 2.24) is 15.5 Å². The van der Waals surface area contributed by atoms with E-state index in [2.05, 4.69) is 32.0 Å². The van der Waals surface area contributed by atoms with Gasteiger partial charge in [0.25, 0.3) is 0 Å². The highest BCUT2D eigenvalue weighted by molar-refractivity contribution is 7.10. The van der Waals surface area contributed by atoms with Gasteiger partial charge in [-0.05, 0) is 24.3 Å². The van der Waals surface area contributed by atoms with Crippen molar-refractivity contribution < 1.29 is 17.9 Å². The first kappa shape index (κ1) is 21.0. The third kappa shape index (κ3) is 7.51. The summed E-state index contributed by atoms with van der Waals surface area (Å²) in [6.45, 7) is 4.38. The number of unbranched alkanes of at least 4 members (excludes halogenated alkanes) is 1. The largest absolute Gasteiger partial charge is 0.389 e. The molecule has 0 radical (unpaired) electrons. The SMILES string of the molecule is CN=C(NCCCCC(F)(F)F)NCC(c1cccs1)N1CCOCC1. The lowest BCUT2D eigenvalue weighted by Gasteiger charge is -2.34. The second kappa shape index (κ2) is 10.7. The predicted octanol–water partition coefficient (Wildman–Crippen LogP) is 3.02. The molecule has 0 aromatic carbocycles. The highest BCUT2D eigenvalue weighted by Gasteiger charge is 2.26. The molecule has 0 saturated carbocycles. The second-order valence-electron chi connectivity index (χ2n) is 6.13. The van der Waals surface area contributed by atoms with E-state index >= 15 is 0 Å². The van der Waals surface area contributed by atoms with E-state index in [1.165, 1.54) is 4.88 Å². The topological polar surface area (TPSA) is 48.9 Å². The van der Waals surface area contributed by atoms with Crippen molar-refractivity contribution in [3.05, 3.63) is 22.4 Å². The average Bonchev–Trinajstić information content (AvgIpc) is 3.14. The number of nitrogens with one attached hydrogen (secondary N) is 2. The van der Waals surface area contributed by atoms with Gasteiger partial charge in [-0.1, -0.05) is 6.07 Å². The maximum absolute atomic E-state index is 12.2. The summed E-state index contributed by atoms with van der Waals surface area (Å²) in [6.07, 6.45) is -4.23. The van der Waals surface area contributed by atoms with Crippen molar-refractivity contribution in [3.8, 4) is 0 Å². The van der Waals surface area contributed by atoms with Crippen LogP contribution >= 0.6 is 11.3 Å². The fourth-order valence-electron chi connectivity index (χ4n) is 2.85. The van der Waals surface area contributed by atoms with Gasteiger partial charge >= 0.3 is 6.18 Å². The van der Waals surface area contributed by atoms with Gasteiger partial charge in [0.1, 0.15) is 0 Å². The lowest BCUT2D eigenvalue weighted by molar-refractivity contribution is -0.135. The summed E-state index contributed by atoms with van der Waals surface area (Å²) >= 11 is 1.72. The van der Waals surface area contributed by atoms with Crippen molar-refractivity contribution in [3.63, 3.8) is 0 Å². The van der Waals surface area contributed by atoms with Crippen LogP contribution in [0.3, 0.4) is 0 Å². The van der Waals surface area contributed by atoms with Crippen LogP contribution in [-0.4, -0.2) is 63.5 Å². The highest BCUT2D eigenvalue weighted by Crippen LogP contribution is 2.25. The molecule has 1 atom stereocenters. The van der Waals surface area contributed by atoms with Crippen molar-refractivity contribution in [2.24, 2.45) is 4.99 Å². The molecule has 0 amide bonds. The number of hydrogen-bond acceptors (Lipinski definition) is 4. The number of nitrogens with zero attached hydrogens (tertiary/aromatic N) is 2. The molecule has 9 heteroatoms. The van der Waals surface area contributed by atoms with Gasteiger partial charge in [-0.15, -0.1) is 11.3 Å². The van der Waals surface area contributed by atoms with Gasteiger partial charge < -0.3 is 15.4 Å². The van der Waals surface area contributed by atoms with E-state index in [9.17, 15) is 13.2 Å². The van der Waals surface area contributed by atoms with Gasteiger partial charge in [0.2, 0.25) is 0 Å². The Morgan fingerprint density at radius 3 is 2.69 bits per heavy atom. The van der Waals surface area contributed by atoms with E-state index < -0.39 is 12.6 Å². The van der Waals surface area contributed by atoms with Gasteiger partial charge in [-0.25, -0.2) is 0 Å². The molecule has 1 fully saturated rings. The van der Waals surface area contributed by atoms with Gasteiger partial charge in [0.15, 0.2) is 5.96 Å². The summed E-state index contributed by atoms with van der Waals surface area (Å²) < 4.78 is 41.9. The Bertz CT molecular complexity index is 531. The summed E-state index contributed by atoms with van der Waals surface area (Å²) in [6, 6.07) is 4.39. The summed E-state index contributed by atoms with van der Waals surface area (Å²) in [5.74, 6) is 0.617. The first-order valence-corrected chi connectivity index (χ1v) is 9.74. The van der Waals surface area contributed by atoms with Gasteiger partial charge in [-0.2, -0.15) is 13.2 Å². The van der Waals surface area contributed by atoms with Crippen LogP contribution in [0.25, 0.3) is 0 Å². The minimum atomic E-state index is -4.08. The number of halogens is 3. The van der Waals surface area contributed by atoms with Crippen LogP contribution in [0.2, 0.25) is 0 Å². The average molecular weight is 392 g/mol. The van der Waals surface area contributed by atoms with Crippen molar-refractivity contribution in [1.29, 1.82) is 0 Å². The Hall–Kier alpha value is -1.32. The summed E-state index contributed by atoms with van der Waals surface area (Å²) in [5, 5.41) is 8.46. The summed E-state index contributed by atoms with van der Waals surface area (Å²) in [5.41, 5.74) is 0. The molecule has 2 rings (SSSR count). The first-order chi connectivity index (χ1) is 12.5. The Labute approximate surface area is 156 Å². The molecule has 0 bridgehead atoms. The zero-order chi connectivity index (χ0) is 18.8. The van der Waals surface area contributed by atoms with Crippen LogP contribution in [0.4, 0.5) is 13.2 Å². The van der Waals surface area contributed by atoms with Crippen LogP contribution in [-0.2, 0) is 4.74 Å².